The van der Waals surface area contributed by atoms with E-state index in [4.69, 9.17) is 5.26 Å². The van der Waals surface area contributed by atoms with Crippen LogP contribution in [0.1, 0.15) is 41.8 Å². The number of aryl methyl sites for hydroxylation is 2. The summed E-state index contributed by atoms with van der Waals surface area (Å²) < 4.78 is 2.19. The third-order valence-corrected chi connectivity index (χ3v) is 5.43. The average Bonchev–Trinajstić information content (AvgIpc) is 3.05. The van der Waals surface area contributed by atoms with Crippen LogP contribution in [0.4, 0.5) is 0 Å². The maximum Gasteiger partial charge on any atom is 0.195 e. The second-order valence-electron chi connectivity index (χ2n) is 6.65. The molecule has 0 fully saturated rings. The second-order valence-corrected chi connectivity index (χ2v) is 7.71. The van der Waals surface area contributed by atoms with Crippen LogP contribution in [0, 0.1) is 25.2 Å². The number of nitrogens with zero attached hydrogens (tertiary/aromatic N) is 4. The molecule has 138 valence electrons. The molecule has 0 N–H and O–H groups in total. The molecule has 0 aliphatic rings. The van der Waals surface area contributed by atoms with Gasteiger partial charge in [-0.25, -0.2) is 0 Å². The first-order valence-corrected chi connectivity index (χ1v) is 10.2. The lowest BCUT2D eigenvalue weighted by Crippen LogP contribution is -2.06. The van der Waals surface area contributed by atoms with Gasteiger partial charge in [-0.1, -0.05) is 59.8 Å². The summed E-state index contributed by atoms with van der Waals surface area (Å²) in [5, 5.41) is 18.6. The number of nitriles is 1. The van der Waals surface area contributed by atoms with E-state index in [0.717, 1.165) is 41.7 Å². The van der Waals surface area contributed by atoms with Gasteiger partial charge in [-0.15, -0.1) is 10.2 Å². The van der Waals surface area contributed by atoms with Gasteiger partial charge in [-0.2, -0.15) is 5.26 Å². The standard InChI is InChI=1S/C22H24N4S/c1-17-11-12-20(18(2)15-17)26-21(16-19-9-5-3-6-10-19)24-25-22(26)27-14-8-4-7-13-23/h3,5-6,9-12,15H,4,7-8,14,16H2,1-2H3. The number of benzene rings is 2. The summed E-state index contributed by atoms with van der Waals surface area (Å²) in [5.74, 6) is 1.89. The molecule has 0 spiro atoms. The zero-order chi connectivity index (χ0) is 19.1. The number of aromatic nitrogens is 3. The van der Waals surface area contributed by atoms with Crippen LogP contribution < -0.4 is 0 Å². The van der Waals surface area contributed by atoms with E-state index in [1.165, 1.54) is 16.7 Å². The Labute approximate surface area is 165 Å². The highest BCUT2D eigenvalue weighted by Crippen LogP contribution is 2.26. The van der Waals surface area contributed by atoms with Gasteiger partial charge in [-0.3, -0.25) is 4.57 Å². The molecule has 4 nitrogen and oxygen atoms in total. The molecule has 1 heterocycles. The Morgan fingerprint density at radius 1 is 1.04 bits per heavy atom. The van der Waals surface area contributed by atoms with Crippen LogP contribution >= 0.6 is 11.8 Å². The lowest BCUT2D eigenvalue weighted by atomic mass is 10.1. The van der Waals surface area contributed by atoms with E-state index in [1.54, 1.807) is 11.8 Å². The fraction of sp³-hybridized carbons (Fsp3) is 0.318. The smallest absolute Gasteiger partial charge is 0.195 e. The molecule has 0 aliphatic carbocycles. The summed E-state index contributed by atoms with van der Waals surface area (Å²) >= 11 is 1.72. The molecule has 3 rings (SSSR count). The molecular weight excluding hydrogens is 352 g/mol. The van der Waals surface area contributed by atoms with Crippen molar-refractivity contribution in [3.05, 3.63) is 71.0 Å². The zero-order valence-electron chi connectivity index (χ0n) is 15.9. The molecule has 0 atom stereocenters. The molecule has 5 heteroatoms. The van der Waals surface area contributed by atoms with Crippen LogP contribution in [0.5, 0.6) is 0 Å². The van der Waals surface area contributed by atoms with Crippen LogP contribution in [0.25, 0.3) is 5.69 Å². The Balaban J connectivity index is 1.90. The molecular formula is C22H24N4S. The Morgan fingerprint density at radius 3 is 2.59 bits per heavy atom. The van der Waals surface area contributed by atoms with E-state index < -0.39 is 0 Å². The summed E-state index contributed by atoms with van der Waals surface area (Å²) in [4.78, 5) is 0. The third-order valence-electron chi connectivity index (χ3n) is 4.41. The molecule has 3 aromatic rings. The van der Waals surface area contributed by atoms with Crippen LogP contribution in [0.2, 0.25) is 0 Å². The minimum atomic E-state index is 0.615. The molecule has 0 saturated carbocycles. The number of hydrogen-bond donors (Lipinski definition) is 0. The van der Waals surface area contributed by atoms with E-state index in [2.05, 4.69) is 77.1 Å². The van der Waals surface area contributed by atoms with Crippen molar-refractivity contribution in [3.8, 4) is 11.8 Å². The van der Waals surface area contributed by atoms with E-state index in [9.17, 15) is 0 Å². The Bertz CT molecular complexity index is 925. The highest BCUT2D eigenvalue weighted by atomic mass is 32.2. The van der Waals surface area contributed by atoms with Crippen molar-refractivity contribution >= 4 is 11.8 Å². The maximum absolute atomic E-state index is 8.69. The van der Waals surface area contributed by atoms with Gasteiger partial charge in [0.05, 0.1) is 11.8 Å². The summed E-state index contributed by atoms with van der Waals surface area (Å²) in [6.07, 6.45) is 3.30. The third kappa shape index (κ3) is 4.99. The lowest BCUT2D eigenvalue weighted by molar-refractivity contribution is 0.816. The molecule has 0 unspecified atom stereocenters. The Morgan fingerprint density at radius 2 is 1.85 bits per heavy atom. The quantitative estimate of drug-likeness (QED) is 0.397. The number of rotatable bonds is 8. The topological polar surface area (TPSA) is 54.5 Å². The summed E-state index contributed by atoms with van der Waals surface area (Å²) in [6, 6.07) is 19.1. The molecule has 27 heavy (non-hydrogen) atoms. The maximum atomic E-state index is 8.69. The second kappa shape index (κ2) is 9.38. The van der Waals surface area contributed by atoms with Gasteiger partial charge in [0.15, 0.2) is 5.16 Å². The molecule has 1 aromatic heterocycles. The fourth-order valence-electron chi connectivity index (χ4n) is 3.05. The van der Waals surface area contributed by atoms with Gasteiger partial charge in [0, 0.05) is 18.6 Å². The van der Waals surface area contributed by atoms with Gasteiger partial charge in [-0.05, 0) is 43.9 Å². The fourth-order valence-corrected chi connectivity index (χ4v) is 4.02. The van der Waals surface area contributed by atoms with Crippen LogP contribution in [-0.4, -0.2) is 20.5 Å². The van der Waals surface area contributed by atoms with E-state index in [0.29, 0.717) is 6.42 Å². The van der Waals surface area contributed by atoms with E-state index in [-0.39, 0.29) is 0 Å². The first kappa shape index (κ1) is 19.2. The first-order valence-electron chi connectivity index (χ1n) is 9.24. The van der Waals surface area contributed by atoms with E-state index in [1.807, 2.05) is 6.07 Å². The van der Waals surface area contributed by atoms with Crippen molar-refractivity contribution in [3.63, 3.8) is 0 Å². The van der Waals surface area contributed by atoms with Gasteiger partial charge in [0.25, 0.3) is 0 Å². The predicted molar refractivity (Wildman–Crippen MR) is 110 cm³/mol. The Kier molecular flexibility index (Phi) is 6.67. The van der Waals surface area contributed by atoms with Crippen molar-refractivity contribution < 1.29 is 0 Å². The highest BCUT2D eigenvalue weighted by molar-refractivity contribution is 7.99. The molecule has 2 aromatic carbocycles. The lowest BCUT2D eigenvalue weighted by Gasteiger charge is -2.13. The van der Waals surface area contributed by atoms with Crippen LogP contribution in [0.3, 0.4) is 0 Å². The Hall–Kier alpha value is -2.58. The van der Waals surface area contributed by atoms with Gasteiger partial charge >= 0.3 is 0 Å². The summed E-state index contributed by atoms with van der Waals surface area (Å²) in [7, 11) is 0. The monoisotopic (exact) mass is 376 g/mol. The van der Waals surface area contributed by atoms with Crippen molar-refractivity contribution in [2.75, 3.05) is 5.75 Å². The first-order chi connectivity index (χ1) is 13.2. The molecule has 0 amide bonds. The predicted octanol–water partition coefficient (Wildman–Crippen LogP) is 5.26. The van der Waals surface area contributed by atoms with Crippen LogP contribution in [-0.2, 0) is 6.42 Å². The minimum absolute atomic E-state index is 0.615. The van der Waals surface area contributed by atoms with Crippen molar-refractivity contribution in [1.29, 1.82) is 5.26 Å². The molecule has 0 aliphatic heterocycles. The molecule has 0 saturated heterocycles. The molecule has 0 radical (unpaired) electrons. The van der Waals surface area contributed by atoms with Crippen molar-refractivity contribution in [2.45, 2.75) is 44.7 Å². The molecule has 0 bridgehead atoms. The van der Waals surface area contributed by atoms with Crippen LogP contribution in [0.15, 0.2) is 53.7 Å². The van der Waals surface area contributed by atoms with Crippen molar-refractivity contribution in [1.82, 2.24) is 14.8 Å². The minimum Gasteiger partial charge on any atom is -0.273 e. The number of thioether (sulfide) groups is 1. The number of hydrogen-bond acceptors (Lipinski definition) is 4. The van der Waals surface area contributed by atoms with Gasteiger partial charge in [0.1, 0.15) is 5.82 Å². The highest BCUT2D eigenvalue weighted by Gasteiger charge is 2.16. The van der Waals surface area contributed by atoms with E-state index >= 15 is 0 Å². The zero-order valence-corrected chi connectivity index (χ0v) is 16.7. The summed E-state index contributed by atoms with van der Waals surface area (Å²) in [5.41, 5.74) is 4.83. The summed E-state index contributed by atoms with van der Waals surface area (Å²) in [6.45, 7) is 4.24. The average molecular weight is 377 g/mol. The largest absolute Gasteiger partial charge is 0.273 e. The SMILES string of the molecule is Cc1ccc(-n2c(Cc3ccccc3)nnc2SCCCCC#N)c(C)c1. The van der Waals surface area contributed by atoms with Crippen molar-refractivity contribution in [2.24, 2.45) is 0 Å². The normalized spacial score (nSPS) is 10.7. The number of unbranched alkanes of at least 4 members (excludes halogenated alkanes) is 2. The van der Waals surface area contributed by atoms with Gasteiger partial charge < -0.3 is 0 Å². The van der Waals surface area contributed by atoms with Gasteiger partial charge in [0.2, 0.25) is 0 Å².